The molecule has 0 aliphatic carbocycles. The average Bonchev–Trinajstić information content (AvgIpc) is 2.93. The first kappa shape index (κ1) is 11.6. The predicted octanol–water partition coefficient (Wildman–Crippen LogP) is 2.04. The Kier molecular flexibility index (Phi) is 2.76. The van der Waals surface area contributed by atoms with Crippen LogP contribution >= 0.6 is 15.9 Å². The van der Waals surface area contributed by atoms with Gasteiger partial charge in [0.15, 0.2) is 11.5 Å². The second-order valence-corrected chi connectivity index (χ2v) is 4.80. The van der Waals surface area contributed by atoms with Gasteiger partial charge in [0, 0.05) is 19.2 Å². The molecule has 94 valence electrons. The van der Waals surface area contributed by atoms with E-state index in [0.29, 0.717) is 6.54 Å². The van der Waals surface area contributed by atoms with Crippen LogP contribution < -0.4 is 15.2 Å². The number of benzene rings is 1. The third kappa shape index (κ3) is 1.69. The minimum absolute atomic E-state index is 0.277. The second-order valence-electron chi connectivity index (χ2n) is 4.01. The Labute approximate surface area is 113 Å². The number of aryl methyl sites for hydroxylation is 1. The number of nitrogens with zero attached hydrogens (tertiary/aromatic N) is 2. The highest BCUT2D eigenvalue weighted by Gasteiger charge is 2.18. The summed E-state index contributed by atoms with van der Waals surface area (Å²) in [6, 6.07) is 5.83. The molecule has 1 aliphatic heterocycles. The van der Waals surface area contributed by atoms with Gasteiger partial charge in [0.25, 0.3) is 0 Å². The predicted molar refractivity (Wildman–Crippen MR) is 70.4 cm³/mol. The molecule has 2 heterocycles. The molecule has 0 amide bonds. The molecule has 0 spiro atoms. The van der Waals surface area contributed by atoms with E-state index in [9.17, 15) is 0 Å². The van der Waals surface area contributed by atoms with Crippen LogP contribution in [0.4, 0.5) is 0 Å². The van der Waals surface area contributed by atoms with E-state index in [0.717, 1.165) is 32.9 Å². The van der Waals surface area contributed by atoms with Crippen LogP contribution in [0.1, 0.15) is 5.69 Å². The Bertz CT molecular complexity index is 610. The lowest BCUT2D eigenvalue weighted by Crippen LogP contribution is -1.99. The largest absolute Gasteiger partial charge is 0.454 e. The Balaban J connectivity index is 2.12. The van der Waals surface area contributed by atoms with E-state index in [1.807, 2.05) is 29.9 Å². The zero-order chi connectivity index (χ0) is 12.7. The lowest BCUT2D eigenvalue weighted by atomic mass is 10.1. The van der Waals surface area contributed by atoms with Crippen molar-refractivity contribution in [3.05, 3.63) is 28.4 Å². The average molecular weight is 310 g/mol. The Hall–Kier alpha value is -1.53. The zero-order valence-corrected chi connectivity index (χ0v) is 11.4. The third-order valence-electron chi connectivity index (χ3n) is 2.89. The van der Waals surface area contributed by atoms with Crippen LogP contribution in [0.5, 0.6) is 11.5 Å². The van der Waals surface area contributed by atoms with Gasteiger partial charge < -0.3 is 15.2 Å². The fourth-order valence-electron chi connectivity index (χ4n) is 2.04. The minimum atomic E-state index is 0.277. The minimum Gasteiger partial charge on any atom is -0.454 e. The van der Waals surface area contributed by atoms with Crippen molar-refractivity contribution in [3.8, 4) is 22.8 Å². The number of aromatic nitrogens is 2. The van der Waals surface area contributed by atoms with E-state index in [1.54, 1.807) is 0 Å². The van der Waals surface area contributed by atoms with Gasteiger partial charge in [-0.05, 0) is 34.1 Å². The SMILES string of the molecule is Cn1nc(CN)c(Br)c1-c1ccc2c(c1)OCO2. The highest BCUT2D eigenvalue weighted by atomic mass is 79.9. The first-order valence-electron chi connectivity index (χ1n) is 5.52. The summed E-state index contributed by atoms with van der Waals surface area (Å²) in [6.07, 6.45) is 0. The van der Waals surface area contributed by atoms with E-state index in [-0.39, 0.29) is 6.79 Å². The molecule has 18 heavy (non-hydrogen) atoms. The van der Waals surface area contributed by atoms with Gasteiger partial charge in [-0.3, -0.25) is 4.68 Å². The molecule has 1 aliphatic rings. The molecule has 0 unspecified atom stereocenters. The van der Waals surface area contributed by atoms with Crippen LogP contribution in [-0.4, -0.2) is 16.6 Å². The topological polar surface area (TPSA) is 62.3 Å². The van der Waals surface area contributed by atoms with Crippen molar-refractivity contribution in [2.45, 2.75) is 6.54 Å². The number of halogens is 1. The first-order chi connectivity index (χ1) is 8.70. The maximum atomic E-state index is 5.65. The number of hydrogen-bond acceptors (Lipinski definition) is 4. The smallest absolute Gasteiger partial charge is 0.231 e. The van der Waals surface area contributed by atoms with Crippen molar-refractivity contribution in [1.29, 1.82) is 0 Å². The van der Waals surface area contributed by atoms with E-state index in [4.69, 9.17) is 15.2 Å². The fourth-order valence-corrected chi connectivity index (χ4v) is 2.77. The Morgan fingerprint density at radius 3 is 2.89 bits per heavy atom. The van der Waals surface area contributed by atoms with Crippen LogP contribution in [0.15, 0.2) is 22.7 Å². The lowest BCUT2D eigenvalue weighted by Gasteiger charge is -2.04. The summed E-state index contributed by atoms with van der Waals surface area (Å²) in [7, 11) is 1.89. The van der Waals surface area contributed by atoms with Crippen molar-refractivity contribution < 1.29 is 9.47 Å². The van der Waals surface area contributed by atoms with Crippen LogP contribution in [0, 0.1) is 0 Å². The second kappa shape index (κ2) is 4.29. The molecule has 0 radical (unpaired) electrons. The van der Waals surface area contributed by atoms with E-state index < -0.39 is 0 Å². The van der Waals surface area contributed by atoms with Gasteiger partial charge in [0.2, 0.25) is 6.79 Å². The number of hydrogen-bond donors (Lipinski definition) is 1. The van der Waals surface area contributed by atoms with E-state index in [2.05, 4.69) is 21.0 Å². The third-order valence-corrected chi connectivity index (χ3v) is 3.73. The molecule has 1 aromatic heterocycles. The zero-order valence-electron chi connectivity index (χ0n) is 9.81. The van der Waals surface area contributed by atoms with Gasteiger partial charge in [-0.1, -0.05) is 0 Å². The van der Waals surface area contributed by atoms with Crippen molar-refractivity contribution in [2.24, 2.45) is 12.8 Å². The number of nitrogens with two attached hydrogens (primary N) is 1. The van der Waals surface area contributed by atoms with Crippen molar-refractivity contribution in [3.63, 3.8) is 0 Å². The van der Waals surface area contributed by atoms with E-state index in [1.165, 1.54) is 0 Å². The fraction of sp³-hybridized carbons (Fsp3) is 0.250. The molecule has 6 heteroatoms. The molecule has 2 N–H and O–H groups in total. The summed E-state index contributed by atoms with van der Waals surface area (Å²) in [5.41, 5.74) is 8.48. The van der Waals surface area contributed by atoms with Gasteiger partial charge in [0.05, 0.1) is 15.9 Å². The van der Waals surface area contributed by atoms with E-state index >= 15 is 0 Å². The van der Waals surface area contributed by atoms with Gasteiger partial charge >= 0.3 is 0 Å². The Morgan fingerprint density at radius 2 is 2.17 bits per heavy atom. The molecular weight excluding hydrogens is 298 g/mol. The molecule has 0 saturated heterocycles. The summed E-state index contributed by atoms with van der Waals surface area (Å²) in [4.78, 5) is 0. The highest BCUT2D eigenvalue weighted by molar-refractivity contribution is 9.10. The van der Waals surface area contributed by atoms with Gasteiger partial charge in [-0.25, -0.2) is 0 Å². The summed E-state index contributed by atoms with van der Waals surface area (Å²) in [6.45, 7) is 0.679. The molecule has 5 nitrogen and oxygen atoms in total. The molecule has 0 fully saturated rings. The monoisotopic (exact) mass is 309 g/mol. The van der Waals surface area contributed by atoms with Crippen molar-refractivity contribution in [2.75, 3.05) is 6.79 Å². The summed E-state index contributed by atoms with van der Waals surface area (Å²) < 4.78 is 13.4. The molecule has 0 bridgehead atoms. The van der Waals surface area contributed by atoms with Gasteiger partial charge in [-0.2, -0.15) is 5.10 Å². The normalized spacial score (nSPS) is 13.1. The Morgan fingerprint density at radius 1 is 1.39 bits per heavy atom. The molecular formula is C12H12BrN3O2. The number of fused-ring (bicyclic) bond motifs is 1. The molecule has 2 aromatic rings. The van der Waals surface area contributed by atoms with Gasteiger partial charge in [0.1, 0.15) is 0 Å². The van der Waals surface area contributed by atoms with Crippen LogP contribution in [0.2, 0.25) is 0 Å². The summed E-state index contributed by atoms with van der Waals surface area (Å²) in [5, 5.41) is 4.37. The first-order valence-corrected chi connectivity index (χ1v) is 6.31. The molecule has 1 aromatic carbocycles. The van der Waals surface area contributed by atoms with Crippen LogP contribution in [0.25, 0.3) is 11.3 Å². The van der Waals surface area contributed by atoms with Crippen LogP contribution in [-0.2, 0) is 13.6 Å². The number of rotatable bonds is 2. The van der Waals surface area contributed by atoms with Gasteiger partial charge in [-0.15, -0.1) is 0 Å². The quantitative estimate of drug-likeness (QED) is 0.922. The maximum absolute atomic E-state index is 5.65. The van der Waals surface area contributed by atoms with Crippen LogP contribution in [0.3, 0.4) is 0 Å². The molecule has 3 rings (SSSR count). The van der Waals surface area contributed by atoms with Crippen molar-refractivity contribution in [1.82, 2.24) is 9.78 Å². The molecule has 0 atom stereocenters. The summed E-state index contributed by atoms with van der Waals surface area (Å²) in [5.74, 6) is 1.53. The molecule has 0 saturated carbocycles. The summed E-state index contributed by atoms with van der Waals surface area (Å²) >= 11 is 3.54. The maximum Gasteiger partial charge on any atom is 0.231 e. The number of ether oxygens (including phenoxy) is 2. The highest BCUT2D eigenvalue weighted by Crippen LogP contribution is 2.38. The standard InChI is InChI=1S/C12H12BrN3O2/c1-16-12(11(13)8(5-14)15-16)7-2-3-9-10(4-7)18-6-17-9/h2-4H,5-6,14H2,1H3. The lowest BCUT2D eigenvalue weighted by molar-refractivity contribution is 0.174. The van der Waals surface area contributed by atoms with Crippen molar-refractivity contribution >= 4 is 15.9 Å².